The van der Waals surface area contributed by atoms with Crippen molar-refractivity contribution in [1.82, 2.24) is 0 Å². The number of benzene rings is 1. The molecule has 0 atom stereocenters. The second kappa shape index (κ2) is 6.92. The molecule has 0 radical (unpaired) electrons. The minimum Gasteiger partial charge on any atom is -1.00 e. The summed E-state index contributed by atoms with van der Waals surface area (Å²) in [4.78, 5) is 0. The SMILES string of the molecule is C[n+]1ccccc1/C=C/c1cccc(C#N)c1.[I-]. The zero-order valence-electron chi connectivity index (χ0n) is 10.0. The van der Waals surface area contributed by atoms with Crippen LogP contribution < -0.4 is 28.5 Å². The Kier molecular flexibility index (Phi) is 5.53. The number of nitrogens with zero attached hydrogens (tertiary/aromatic N) is 2. The number of pyridine rings is 1. The molecule has 0 N–H and O–H groups in total. The van der Waals surface area contributed by atoms with Gasteiger partial charge in [0.1, 0.15) is 7.05 Å². The molecule has 1 aromatic heterocycles. The van der Waals surface area contributed by atoms with Crippen molar-refractivity contribution in [2.75, 3.05) is 0 Å². The van der Waals surface area contributed by atoms with Crippen molar-refractivity contribution in [3.05, 3.63) is 65.5 Å². The highest BCUT2D eigenvalue weighted by atomic mass is 127. The van der Waals surface area contributed by atoms with E-state index < -0.39 is 0 Å². The van der Waals surface area contributed by atoms with E-state index in [1.165, 1.54) is 0 Å². The van der Waals surface area contributed by atoms with Crippen molar-refractivity contribution in [1.29, 1.82) is 5.26 Å². The Morgan fingerprint density at radius 3 is 2.67 bits per heavy atom. The summed E-state index contributed by atoms with van der Waals surface area (Å²) in [5.74, 6) is 0. The summed E-state index contributed by atoms with van der Waals surface area (Å²) in [6.45, 7) is 0. The molecular weight excluding hydrogens is 335 g/mol. The van der Waals surface area contributed by atoms with Gasteiger partial charge in [0, 0.05) is 18.2 Å². The summed E-state index contributed by atoms with van der Waals surface area (Å²) < 4.78 is 2.05. The second-order valence-corrected chi connectivity index (χ2v) is 3.81. The molecule has 18 heavy (non-hydrogen) atoms. The standard InChI is InChI=1S/C15H13N2.HI/c1-17-10-3-2-7-15(17)9-8-13-5-4-6-14(11-13)12-16;/h2-11H,1H3;1H/q+1;/p-1/b9-8+;. The number of rotatable bonds is 2. The lowest BCUT2D eigenvalue weighted by Crippen LogP contribution is -3.00. The molecule has 0 unspecified atom stereocenters. The summed E-state index contributed by atoms with van der Waals surface area (Å²) in [6.07, 6.45) is 6.05. The highest BCUT2D eigenvalue weighted by Gasteiger charge is 1.98. The molecule has 2 aromatic rings. The fraction of sp³-hybridized carbons (Fsp3) is 0.0667. The Bertz CT molecular complexity index is 597. The molecule has 0 bridgehead atoms. The van der Waals surface area contributed by atoms with Gasteiger partial charge in [-0.2, -0.15) is 5.26 Å². The van der Waals surface area contributed by atoms with Crippen LogP contribution in [0.4, 0.5) is 0 Å². The molecule has 0 aliphatic carbocycles. The summed E-state index contributed by atoms with van der Waals surface area (Å²) in [7, 11) is 2.01. The maximum atomic E-state index is 8.81. The van der Waals surface area contributed by atoms with Crippen LogP contribution in [0.3, 0.4) is 0 Å². The first-order valence-corrected chi connectivity index (χ1v) is 5.42. The van der Waals surface area contributed by atoms with Crippen molar-refractivity contribution in [2.45, 2.75) is 0 Å². The summed E-state index contributed by atoms with van der Waals surface area (Å²) in [5, 5.41) is 8.81. The molecule has 3 heteroatoms. The molecule has 0 saturated heterocycles. The van der Waals surface area contributed by atoms with E-state index in [-0.39, 0.29) is 24.0 Å². The van der Waals surface area contributed by atoms with E-state index in [1.54, 1.807) is 6.07 Å². The van der Waals surface area contributed by atoms with Crippen molar-refractivity contribution >= 4 is 12.2 Å². The van der Waals surface area contributed by atoms with E-state index >= 15 is 0 Å². The lowest BCUT2D eigenvalue weighted by atomic mass is 10.1. The van der Waals surface area contributed by atoms with E-state index in [4.69, 9.17) is 5.26 Å². The van der Waals surface area contributed by atoms with E-state index in [9.17, 15) is 0 Å². The van der Waals surface area contributed by atoms with Crippen LogP contribution in [-0.2, 0) is 7.05 Å². The Hall–Kier alpha value is -1.67. The molecular formula is C15H13IN2. The summed E-state index contributed by atoms with van der Waals surface area (Å²) in [5.41, 5.74) is 2.84. The van der Waals surface area contributed by atoms with Crippen LogP contribution in [0.2, 0.25) is 0 Å². The van der Waals surface area contributed by atoms with E-state index in [1.807, 2.05) is 66.4 Å². The molecule has 0 fully saturated rings. The van der Waals surface area contributed by atoms with Crippen molar-refractivity contribution in [3.63, 3.8) is 0 Å². The van der Waals surface area contributed by atoms with Crippen LogP contribution in [0.15, 0.2) is 48.7 Å². The van der Waals surface area contributed by atoms with Crippen molar-refractivity contribution in [3.8, 4) is 6.07 Å². The third-order valence-corrected chi connectivity index (χ3v) is 2.56. The molecule has 0 spiro atoms. The zero-order chi connectivity index (χ0) is 12.1. The molecule has 0 saturated carbocycles. The Balaban J connectivity index is 0.00000162. The van der Waals surface area contributed by atoms with Gasteiger partial charge in [0.2, 0.25) is 5.69 Å². The van der Waals surface area contributed by atoms with E-state index in [0.29, 0.717) is 5.56 Å². The third kappa shape index (κ3) is 3.67. The van der Waals surface area contributed by atoms with Gasteiger partial charge in [-0.05, 0) is 29.8 Å². The third-order valence-electron chi connectivity index (χ3n) is 2.56. The number of hydrogen-bond donors (Lipinski definition) is 0. The number of hydrogen-bond acceptors (Lipinski definition) is 1. The first-order chi connectivity index (χ1) is 8.29. The molecule has 1 heterocycles. The monoisotopic (exact) mass is 348 g/mol. The zero-order valence-corrected chi connectivity index (χ0v) is 12.2. The van der Waals surface area contributed by atoms with Gasteiger partial charge in [-0.3, -0.25) is 0 Å². The van der Waals surface area contributed by atoms with Crippen LogP contribution in [0.25, 0.3) is 12.2 Å². The van der Waals surface area contributed by atoms with Gasteiger partial charge in [-0.25, -0.2) is 4.57 Å². The maximum Gasteiger partial charge on any atom is 0.204 e. The van der Waals surface area contributed by atoms with Gasteiger partial charge in [0.15, 0.2) is 6.20 Å². The van der Waals surface area contributed by atoms with Crippen LogP contribution in [0.1, 0.15) is 16.8 Å². The van der Waals surface area contributed by atoms with Crippen molar-refractivity contribution in [2.24, 2.45) is 7.05 Å². The Morgan fingerprint density at radius 1 is 1.11 bits per heavy atom. The van der Waals surface area contributed by atoms with Crippen molar-refractivity contribution < 1.29 is 28.5 Å². The van der Waals surface area contributed by atoms with Crippen LogP contribution >= 0.6 is 0 Å². The van der Waals surface area contributed by atoms with Crippen LogP contribution in [0.5, 0.6) is 0 Å². The van der Waals surface area contributed by atoms with E-state index in [2.05, 4.69) is 6.07 Å². The Morgan fingerprint density at radius 2 is 1.94 bits per heavy atom. The second-order valence-electron chi connectivity index (χ2n) is 3.81. The highest BCUT2D eigenvalue weighted by molar-refractivity contribution is 5.67. The number of aromatic nitrogens is 1. The smallest absolute Gasteiger partial charge is 0.204 e. The van der Waals surface area contributed by atoms with Gasteiger partial charge in [0.25, 0.3) is 0 Å². The molecule has 0 amide bonds. The molecule has 1 aromatic carbocycles. The Labute approximate surface area is 124 Å². The van der Waals surface area contributed by atoms with E-state index in [0.717, 1.165) is 11.3 Å². The van der Waals surface area contributed by atoms with Gasteiger partial charge >= 0.3 is 0 Å². The summed E-state index contributed by atoms with van der Waals surface area (Å²) in [6, 6.07) is 15.7. The number of halogens is 1. The molecule has 2 rings (SSSR count). The predicted octanol–water partition coefficient (Wildman–Crippen LogP) is -0.443. The largest absolute Gasteiger partial charge is 1.00 e. The lowest BCUT2D eigenvalue weighted by Gasteiger charge is -1.94. The molecule has 2 nitrogen and oxygen atoms in total. The maximum absolute atomic E-state index is 8.81. The fourth-order valence-corrected chi connectivity index (χ4v) is 1.60. The average Bonchev–Trinajstić information content (AvgIpc) is 2.38. The molecule has 0 aliphatic rings. The topological polar surface area (TPSA) is 27.7 Å². The minimum absolute atomic E-state index is 0. The minimum atomic E-state index is 0. The van der Waals surface area contributed by atoms with Gasteiger partial charge in [-0.1, -0.05) is 12.1 Å². The van der Waals surface area contributed by atoms with Gasteiger partial charge in [-0.15, -0.1) is 0 Å². The molecule has 90 valence electrons. The van der Waals surface area contributed by atoms with Gasteiger partial charge in [0.05, 0.1) is 11.6 Å². The first-order valence-electron chi connectivity index (χ1n) is 5.42. The highest BCUT2D eigenvalue weighted by Crippen LogP contribution is 2.08. The summed E-state index contributed by atoms with van der Waals surface area (Å²) >= 11 is 0. The number of aryl methyl sites for hydroxylation is 1. The predicted molar refractivity (Wildman–Crippen MR) is 67.7 cm³/mol. The average molecular weight is 348 g/mol. The quantitative estimate of drug-likeness (QED) is 0.534. The van der Waals surface area contributed by atoms with Gasteiger partial charge < -0.3 is 24.0 Å². The fourth-order valence-electron chi connectivity index (χ4n) is 1.60. The molecule has 0 aliphatic heterocycles. The lowest BCUT2D eigenvalue weighted by molar-refractivity contribution is -0.673. The van der Waals surface area contributed by atoms with Crippen LogP contribution in [0, 0.1) is 11.3 Å². The number of nitriles is 1. The first kappa shape index (κ1) is 14.4. The van der Waals surface area contributed by atoms with Crippen LogP contribution in [-0.4, -0.2) is 0 Å². The normalized spacial score (nSPS) is 9.78.